The van der Waals surface area contributed by atoms with Gasteiger partial charge in [-0.1, -0.05) is 54.6 Å². The Morgan fingerprint density at radius 3 is 2.34 bits per heavy atom. The number of hydrogen-bond donors (Lipinski definition) is 2. The molecule has 0 fully saturated rings. The quantitative estimate of drug-likeness (QED) is 0.445. The molecule has 4 rings (SSSR count). The highest BCUT2D eigenvalue weighted by Crippen LogP contribution is 2.32. The first-order valence-electron chi connectivity index (χ1n) is 9.97. The minimum Gasteiger partial charge on any atom is -0.324 e. The number of aromatic nitrogens is 2. The molecule has 0 saturated heterocycles. The number of hydrogen-bond acceptors (Lipinski definition) is 3. The maximum atomic E-state index is 12.9. The van der Waals surface area contributed by atoms with E-state index in [1.807, 2.05) is 54.6 Å². The number of aryl methyl sites for hydroxylation is 1. The Balaban J connectivity index is 1.45. The van der Waals surface area contributed by atoms with E-state index in [1.54, 1.807) is 7.05 Å². The van der Waals surface area contributed by atoms with Crippen LogP contribution in [0.2, 0.25) is 0 Å². The van der Waals surface area contributed by atoms with E-state index in [1.165, 1.54) is 10.6 Å². The fourth-order valence-corrected chi connectivity index (χ4v) is 3.53. The number of anilines is 1. The highest BCUT2D eigenvalue weighted by Gasteiger charge is 2.31. The Labute approximate surface area is 182 Å². The monoisotopic (exact) mass is 438 g/mol. The van der Waals surface area contributed by atoms with Gasteiger partial charge >= 0.3 is 6.18 Å². The number of amides is 1. The Morgan fingerprint density at radius 1 is 1.03 bits per heavy atom. The second-order valence-corrected chi connectivity index (χ2v) is 7.54. The van der Waals surface area contributed by atoms with E-state index in [-0.39, 0.29) is 23.8 Å². The predicted molar refractivity (Wildman–Crippen MR) is 118 cm³/mol. The Morgan fingerprint density at radius 2 is 1.69 bits per heavy atom. The van der Waals surface area contributed by atoms with Crippen LogP contribution in [0.5, 0.6) is 0 Å². The maximum absolute atomic E-state index is 12.9. The van der Waals surface area contributed by atoms with Crippen LogP contribution in [0, 0.1) is 0 Å². The predicted octanol–water partition coefficient (Wildman–Crippen LogP) is 5.29. The Bertz CT molecular complexity index is 1250. The van der Waals surface area contributed by atoms with Gasteiger partial charge in [0.1, 0.15) is 0 Å². The molecule has 3 N–H and O–H groups in total. The third-order valence-corrected chi connectivity index (χ3v) is 5.31. The highest BCUT2D eigenvalue weighted by molar-refractivity contribution is 5.92. The molecular weight excluding hydrogens is 417 g/mol. The molecule has 4 aromatic rings. The number of carbonyl (C=O) groups excluding carboxylic acids is 1. The van der Waals surface area contributed by atoms with Crippen molar-refractivity contribution in [2.75, 3.05) is 5.32 Å². The number of halogens is 3. The van der Waals surface area contributed by atoms with Gasteiger partial charge < -0.3 is 10.3 Å². The summed E-state index contributed by atoms with van der Waals surface area (Å²) in [4.78, 5) is 16.7. The van der Waals surface area contributed by atoms with Crippen molar-refractivity contribution in [3.8, 4) is 11.1 Å². The Hall–Kier alpha value is -3.65. The van der Waals surface area contributed by atoms with Crippen LogP contribution in [-0.4, -0.2) is 15.5 Å². The number of alkyl halides is 3. The summed E-state index contributed by atoms with van der Waals surface area (Å²) >= 11 is 0. The third kappa shape index (κ3) is 4.50. The van der Waals surface area contributed by atoms with Gasteiger partial charge in [0.2, 0.25) is 11.9 Å². The summed E-state index contributed by atoms with van der Waals surface area (Å²) in [5.74, 6) is -0.213. The lowest BCUT2D eigenvalue weighted by molar-refractivity contribution is -0.137. The number of fused-ring (bicyclic) bond motifs is 1. The van der Waals surface area contributed by atoms with Crippen LogP contribution >= 0.6 is 0 Å². The Kier molecular flexibility index (Phi) is 5.71. The van der Waals surface area contributed by atoms with Crippen molar-refractivity contribution < 1.29 is 18.0 Å². The summed E-state index contributed by atoms with van der Waals surface area (Å²) in [6, 6.07) is 20.3. The molecule has 164 valence electrons. The summed E-state index contributed by atoms with van der Waals surface area (Å²) in [6.45, 7) is 0. The van der Waals surface area contributed by atoms with Crippen molar-refractivity contribution >= 4 is 22.9 Å². The molecule has 0 aliphatic heterocycles. The number of nitrogens with one attached hydrogen (secondary N) is 1. The number of nitrogens with two attached hydrogens (primary N) is 1. The van der Waals surface area contributed by atoms with Crippen LogP contribution in [0.1, 0.15) is 23.6 Å². The lowest BCUT2D eigenvalue weighted by Crippen LogP contribution is -2.21. The van der Waals surface area contributed by atoms with E-state index in [0.717, 1.165) is 28.8 Å². The molecule has 0 aliphatic rings. The minimum absolute atomic E-state index is 0.00168. The van der Waals surface area contributed by atoms with Crippen LogP contribution in [0.4, 0.5) is 19.1 Å². The lowest BCUT2D eigenvalue weighted by atomic mass is 9.99. The largest absolute Gasteiger partial charge is 0.416 e. The molecule has 0 aliphatic carbocycles. The average molecular weight is 438 g/mol. The summed E-state index contributed by atoms with van der Waals surface area (Å²) in [5.41, 5.74) is 8.98. The summed E-state index contributed by atoms with van der Waals surface area (Å²) in [6.07, 6.45) is -4.46. The summed E-state index contributed by atoms with van der Waals surface area (Å²) in [5, 5.41) is 2.65. The second-order valence-electron chi connectivity index (χ2n) is 7.54. The molecule has 1 atom stereocenters. The molecule has 32 heavy (non-hydrogen) atoms. The van der Waals surface area contributed by atoms with E-state index in [2.05, 4.69) is 10.3 Å². The minimum atomic E-state index is -4.46. The number of nitrogens with zero attached hydrogens (tertiary/aromatic N) is 2. The van der Waals surface area contributed by atoms with Gasteiger partial charge in [-0.3, -0.25) is 10.1 Å². The first kappa shape index (κ1) is 21.6. The molecule has 0 spiro atoms. The molecule has 5 nitrogen and oxygen atoms in total. The molecule has 1 heterocycles. The van der Waals surface area contributed by atoms with Gasteiger partial charge in [0.15, 0.2) is 0 Å². The molecule has 1 unspecified atom stereocenters. The van der Waals surface area contributed by atoms with Gasteiger partial charge in [0, 0.05) is 19.5 Å². The van der Waals surface area contributed by atoms with Crippen molar-refractivity contribution in [1.82, 2.24) is 9.55 Å². The molecule has 1 aromatic heterocycles. The van der Waals surface area contributed by atoms with Crippen LogP contribution in [0.3, 0.4) is 0 Å². The topological polar surface area (TPSA) is 72.9 Å². The number of benzene rings is 3. The SMILES string of the molecule is Cn1c(NC(=O)CC(N)c2ccc(-c3ccccc3)cc2)nc2cc(C(F)(F)F)ccc21. The van der Waals surface area contributed by atoms with Crippen molar-refractivity contribution in [2.24, 2.45) is 12.8 Å². The van der Waals surface area contributed by atoms with Gasteiger partial charge in [0.05, 0.1) is 16.6 Å². The van der Waals surface area contributed by atoms with Gasteiger partial charge in [-0.25, -0.2) is 4.98 Å². The molecule has 0 radical (unpaired) electrons. The van der Waals surface area contributed by atoms with Gasteiger partial charge in [-0.2, -0.15) is 13.2 Å². The normalized spacial score (nSPS) is 12.7. The van der Waals surface area contributed by atoms with Gasteiger partial charge in [-0.15, -0.1) is 0 Å². The summed E-state index contributed by atoms with van der Waals surface area (Å²) < 4.78 is 40.4. The number of imidazole rings is 1. The first-order valence-corrected chi connectivity index (χ1v) is 9.97. The van der Waals surface area contributed by atoms with Crippen LogP contribution in [0.25, 0.3) is 22.2 Å². The first-order chi connectivity index (χ1) is 15.2. The molecule has 0 saturated carbocycles. The van der Waals surface area contributed by atoms with Crippen molar-refractivity contribution in [1.29, 1.82) is 0 Å². The highest BCUT2D eigenvalue weighted by atomic mass is 19.4. The molecule has 0 bridgehead atoms. The molecular formula is C24H21F3N4O. The maximum Gasteiger partial charge on any atom is 0.416 e. The zero-order chi connectivity index (χ0) is 22.9. The van der Waals surface area contributed by atoms with Crippen LogP contribution in [0.15, 0.2) is 72.8 Å². The van der Waals surface area contributed by atoms with Crippen molar-refractivity contribution in [3.63, 3.8) is 0 Å². The average Bonchev–Trinajstić information content (AvgIpc) is 3.08. The van der Waals surface area contributed by atoms with Gasteiger partial charge in [0.25, 0.3) is 0 Å². The molecule has 3 aromatic carbocycles. The lowest BCUT2D eigenvalue weighted by Gasteiger charge is -2.13. The van der Waals surface area contributed by atoms with E-state index in [9.17, 15) is 18.0 Å². The zero-order valence-corrected chi connectivity index (χ0v) is 17.2. The standard InChI is InChI=1S/C24H21F3N4O/c1-31-21-12-11-18(24(25,26)27)13-20(21)29-23(31)30-22(32)14-19(28)17-9-7-16(8-10-17)15-5-3-2-4-6-15/h2-13,19H,14,28H2,1H3,(H,29,30,32). The van der Waals surface area contributed by atoms with E-state index in [4.69, 9.17) is 5.73 Å². The molecule has 1 amide bonds. The van der Waals surface area contributed by atoms with E-state index in [0.29, 0.717) is 5.52 Å². The second kappa shape index (κ2) is 8.47. The number of rotatable bonds is 5. The zero-order valence-electron chi connectivity index (χ0n) is 17.2. The van der Waals surface area contributed by atoms with Gasteiger partial charge in [-0.05, 0) is 34.9 Å². The van der Waals surface area contributed by atoms with Crippen LogP contribution < -0.4 is 11.1 Å². The third-order valence-electron chi connectivity index (χ3n) is 5.31. The van der Waals surface area contributed by atoms with Crippen LogP contribution in [-0.2, 0) is 18.0 Å². The van der Waals surface area contributed by atoms with Crippen molar-refractivity contribution in [3.05, 3.63) is 83.9 Å². The van der Waals surface area contributed by atoms with E-state index < -0.39 is 17.8 Å². The number of carbonyl (C=O) groups is 1. The summed E-state index contributed by atoms with van der Waals surface area (Å²) in [7, 11) is 1.63. The molecule has 8 heteroatoms. The van der Waals surface area contributed by atoms with E-state index >= 15 is 0 Å². The smallest absolute Gasteiger partial charge is 0.324 e. The fraction of sp³-hybridized carbons (Fsp3) is 0.167. The van der Waals surface area contributed by atoms with Crippen molar-refractivity contribution in [2.45, 2.75) is 18.6 Å². The fourth-order valence-electron chi connectivity index (χ4n) is 3.53.